The largest absolute Gasteiger partial charge is 0.464 e. The van der Waals surface area contributed by atoms with E-state index in [-0.39, 0.29) is 35.9 Å². The highest BCUT2D eigenvalue weighted by Gasteiger charge is 2.36. The van der Waals surface area contributed by atoms with Crippen LogP contribution in [0.5, 0.6) is 0 Å². The van der Waals surface area contributed by atoms with E-state index in [9.17, 15) is 18.0 Å². The average Bonchev–Trinajstić information content (AvgIpc) is 3.22. The number of hydrogen-bond donors (Lipinski definition) is 0. The zero-order valence-corrected chi connectivity index (χ0v) is 17.8. The summed E-state index contributed by atoms with van der Waals surface area (Å²) in [6.45, 7) is 5.38. The van der Waals surface area contributed by atoms with E-state index in [1.807, 2.05) is 39.0 Å². The van der Waals surface area contributed by atoms with Crippen LogP contribution in [0, 0.1) is 6.92 Å². The predicted octanol–water partition coefficient (Wildman–Crippen LogP) is 2.64. The van der Waals surface area contributed by atoms with Gasteiger partial charge in [0.2, 0.25) is 0 Å². The Labute approximate surface area is 170 Å². The molecule has 8 heteroatoms. The number of esters is 1. The van der Waals surface area contributed by atoms with Crippen molar-refractivity contribution in [3.63, 3.8) is 0 Å². The molecule has 1 saturated heterocycles. The Bertz CT molecular complexity index is 1010. The number of furan rings is 1. The quantitative estimate of drug-likeness (QED) is 0.638. The third-order valence-corrected chi connectivity index (χ3v) is 7.21. The standard InChI is InChI=1S/C21H27NO6S/c1-4-15(3)22(17-7-8-29(25,26)13-17)20(23)12-28-21(24)10-16-11-27-19-9-14(2)5-6-18(16)19/h5-6,9,11,15,17H,4,7-8,10,12-13H2,1-3H3. The van der Waals surface area contributed by atoms with Crippen molar-refractivity contribution in [2.45, 2.75) is 52.1 Å². The van der Waals surface area contributed by atoms with Gasteiger partial charge in [0.1, 0.15) is 5.58 Å². The average molecular weight is 422 g/mol. The SMILES string of the molecule is CCC(C)N(C(=O)COC(=O)Cc1coc2cc(C)ccc12)C1CCS(=O)(=O)C1. The van der Waals surface area contributed by atoms with Crippen molar-refractivity contribution >= 4 is 32.7 Å². The van der Waals surface area contributed by atoms with Crippen molar-refractivity contribution in [3.8, 4) is 0 Å². The fourth-order valence-electron chi connectivity index (χ4n) is 3.75. The van der Waals surface area contributed by atoms with Crippen molar-refractivity contribution in [3.05, 3.63) is 35.6 Å². The Morgan fingerprint density at radius 3 is 2.76 bits per heavy atom. The molecule has 2 atom stereocenters. The molecule has 0 radical (unpaired) electrons. The van der Waals surface area contributed by atoms with Crippen LogP contribution in [0.4, 0.5) is 0 Å². The molecule has 2 aromatic rings. The number of aryl methyl sites for hydroxylation is 1. The van der Waals surface area contributed by atoms with E-state index in [2.05, 4.69) is 0 Å². The predicted molar refractivity (Wildman–Crippen MR) is 109 cm³/mol. The number of ether oxygens (including phenoxy) is 1. The Morgan fingerprint density at radius 1 is 1.34 bits per heavy atom. The number of amides is 1. The number of hydrogen-bond acceptors (Lipinski definition) is 6. The monoisotopic (exact) mass is 421 g/mol. The summed E-state index contributed by atoms with van der Waals surface area (Å²) < 4.78 is 34.3. The molecule has 1 aliphatic heterocycles. The molecule has 158 valence electrons. The van der Waals surface area contributed by atoms with Gasteiger partial charge < -0.3 is 14.1 Å². The van der Waals surface area contributed by atoms with Gasteiger partial charge in [-0.25, -0.2) is 8.42 Å². The van der Waals surface area contributed by atoms with E-state index in [4.69, 9.17) is 9.15 Å². The van der Waals surface area contributed by atoms with Gasteiger partial charge in [0.15, 0.2) is 16.4 Å². The summed E-state index contributed by atoms with van der Waals surface area (Å²) in [5.74, 6) is -0.824. The molecule has 0 aliphatic carbocycles. The van der Waals surface area contributed by atoms with Crippen molar-refractivity contribution in [2.24, 2.45) is 0 Å². The Kier molecular flexibility index (Phi) is 6.31. The van der Waals surface area contributed by atoms with E-state index < -0.39 is 22.4 Å². The van der Waals surface area contributed by atoms with Crippen molar-refractivity contribution < 1.29 is 27.2 Å². The van der Waals surface area contributed by atoms with Gasteiger partial charge in [0.25, 0.3) is 5.91 Å². The highest BCUT2D eigenvalue weighted by molar-refractivity contribution is 7.91. The molecule has 1 amide bonds. The van der Waals surface area contributed by atoms with Gasteiger partial charge in [-0.15, -0.1) is 0 Å². The molecule has 3 rings (SSSR count). The number of benzene rings is 1. The van der Waals surface area contributed by atoms with Crippen LogP contribution in [-0.4, -0.2) is 55.4 Å². The van der Waals surface area contributed by atoms with E-state index in [0.717, 1.165) is 10.9 Å². The second-order valence-electron chi connectivity index (χ2n) is 7.71. The van der Waals surface area contributed by atoms with Gasteiger partial charge in [-0.3, -0.25) is 9.59 Å². The fourth-order valence-corrected chi connectivity index (χ4v) is 5.46. The molecule has 29 heavy (non-hydrogen) atoms. The topological polar surface area (TPSA) is 93.9 Å². The van der Waals surface area contributed by atoms with Gasteiger partial charge in [-0.2, -0.15) is 0 Å². The molecule has 1 aromatic carbocycles. The van der Waals surface area contributed by atoms with Crippen LogP contribution < -0.4 is 0 Å². The second-order valence-corrected chi connectivity index (χ2v) is 9.94. The van der Waals surface area contributed by atoms with E-state index >= 15 is 0 Å². The molecule has 2 heterocycles. The second kappa shape index (κ2) is 8.57. The smallest absolute Gasteiger partial charge is 0.310 e. The number of carbonyl (C=O) groups excluding carboxylic acids is 2. The van der Waals surface area contributed by atoms with Gasteiger partial charge >= 0.3 is 5.97 Å². The zero-order valence-electron chi connectivity index (χ0n) is 17.0. The number of fused-ring (bicyclic) bond motifs is 1. The van der Waals surface area contributed by atoms with Crippen LogP contribution >= 0.6 is 0 Å². The summed E-state index contributed by atoms with van der Waals surface area (Å²) in [4.78, 5) is 26.6. The first-order chi connectivity index (χ1) is 13.7. The third-order valence-electron chi connectivity index (χ3n) is 5.46. The van der Waals surface area contributed by atoms with Crippen LogP contribution in [-0.2, 0) is 30.6 Å². The lowest BCUT2D eigenvalue weighted by Crippen LogP contribution is -2.48. The van der Waals surface area contributed by atoms with Gasteiger partial charge in [0, 0.05) is 23.0 Å². The maximum Gasteiger partial charge on any atom is 0.310 e. The summed E-state index contributed by atoms with van der Waals surface area (Å²) in [6.07, 6.45) is 2.65. The molecule has 0 bridgehead atoms. The number of sulfone groups is 1. The molecule has 0 spiro atoms. The van der Waals surface area contributed by atoms with E-state index in [1.54, 1.807) is 4.90 Å². The lowest BCUT2D eigenvalue weighted by molar-refractivity contribution is -0.153. The lowest BCUT2D eigenvalue weighted by Gasteiger charge is -2.33. The van der Waals surface area contributed by atoms with Gasteiger partial charge in [-0.05, 0) is 38.3 Å². The maximum absolute atomic E-state index is 12.7. The Hall–Kier alpha value is -2.35. The number of nitrogens with zero attached hydrogens (tertiary/aromatic N) is 1. The highest BCUT2D eigenvalue weighted by atomic mass is 32.2. The summed E-state index contributed by atoms with van der Waals surface area (Å²) in [7, 11) is -3.12. The van der Waals surface area contributed by atoms with Crippen molar-refractivity contribution in [1.29, 1.82) is 0 Å². The normalized spacial score (nSPS) is 19.2. The molecule has 1 aromatic heterocycles. The molecule has 7 nitrogen and oxygen atoms in total. The first-order valence-electron chi connectivity index (χ1n) is 9.84. The van der Waals surface area contributed by atoms with Crippen molar-refractivity contribution in [1.82, 2.24) is 4.90 Å². The van der Waals surface area contributed by atoms with Crippen LogP contribution in [0.25, 0.3) is 11.0 Å². The van der Waals surface area contributed by atoms with Gasteiger partial charge in [-0.1, -0.05) is 19.1 Å². The minimum Gasteiger partial charge on any atom is -0.464 e. The highest BCUT2D eigenvalue weighted by Crippen LogP contribution is 2.24. The Balaban J connectivity index is 1.62. The van der Waals surface area contributed by atoms with E-state index in [0.29, 0.717) is 24.0 Å². The summed E-state index contributed by atoms with van der Waals surface area (Å²) in [6, 6.07) is 5.25. The molecule has 2 unspecified atom stereocenters. The molecular weight excluding hydrogens is 394 g/mol. The van der Waals surface area contributed by atoms with E-state index in [1.165, 1.54) is 6.26 Å². The molecule has 1 fully saturated rings. The first kappa shape index (κ1) is 21.4. The molecular formula is C21H27NO6S. The number of carbonyl (C=O) groups is 2. The lowest BCUT2D eigenvalue weighted by atomic mass is 10.1. The number of rotatable bonds is 7. The summed E-state index contributed by atoms with van der Waals surface area (Å²) in [5.41, 5.74) is 2.47. The minimum absolute atomic E-state index is 0.00444. The van der Waals surface area contributed by atoms with Crippen LogP contribution in [0.2, 0.25) is 0 Å². The molecule has 0 N–H and O–H groups in total. The summed E-state index contributed by atoms with van der Waals surface area (Å²) in [5, 5.41) is 0.844. The zero-order chi connectivity index (χ0) is 21.2. The van der Waals surface area contributed by atoms with Crippen LogP contribution in [0.3, 0.4) is 0 Å². The third kappa shape index (κ3) is 4.98. The van der Waals surface area contributed by atoms with Crippen molar-refractivity contribution in [2.75, 3.05) is 18.1 Å². The maximum atomic E-state index is 12.7. The molecule has 1 aliphatic rings. The Morgan fingerprint density at radius 2 is 2.10 bits per heavy atom. The van der Waals surface area contributed by atoms with Crippen LogP contribution in [0.15, 0.2) is 28.9 Å². The summed E-state index contributed by atoms with van der Waals surface area (Å²) >= 11 is 0. The minimum atomic E-state index is -3.12. The first-order valence-corrected chi connectivity index (χ1v) is 11.7. The fraction of sp³-hybridized carbons (Fsp3) is 0.524. The van der Waals surface area contributed by atoms with Crippen LogP contribution in [0.1, 0.15) is 37.8 Å². The molecule has 0 saturated carbocycles. The van der Waals surface area contributed by atoms with Gasteiger partial charge in [0.05, 0.1) is 24.2 Å².